The average molecular weight is 342 g/mol. The number of carbonyl (C=O) groups excluding carboxylic acids is 1. The average Bonchev–Trinajstić information content (AvgIpc) is 2.68. The van der Waals surface area contributed by atoms with Crippen LogP contribution in [0.25, 0.3) is 0 Å². The van der Waals surface area contributed by atoms with Gasteiger partial charge >= 0.3 is 6.03 Å². The fourth-order valence-electron chi connectivity index (χ4n) is 4.82. The molecule has 1 saturated carbocycles. The third-order valence-corrected chi connectivity index (χ3v) is 6.32. The predicted molar refractivity (Wildman–Crippen MR) is 98.1 cm³/mol. The van der Waals surface area contributed by atoms with Crippen molar-refractivity contribution in [2.45, 2.75) is 63.6 Å². The van der Waals surface area contributed by atoms with Crippen LogP contribution in [0.4, 0.5) is 4.79 Å². The van der Waals surface area contributed by atoms with E-state index in [0.29, 0.717) is 24.5 Å². The zero-order chi connectivity index (χ0) is 17.1. The van der Waals surface area contributed by atoms with Crippen LogP contribution in [0.1, 0.15) is 50.5 Å². The van der Waals surface area contributed by atoms with Gasteiger partial charge in [0.1, 0.15) is 0 Å². The Labute approximate surface area is 150 Å². The van der Waals surface area contributed by atoms with Crippen LogP contribution in [0, 0.1) is 5.92 Å². The largest absolute Gasteiger partial charge is 0.334 e. The highest BCUT2D eigenvalue weighted by Gasteiger charge is 2.36. The van der Waals surface area contributed by atoms with E-state index in [1.807, 2.05) is 12.3 Å². The van der Waals surface area contributed by atoms with Gasteiger partial charge in [0, 0.05) is 37.6 Å². The molecule has 5 heteroatoms. The highest BCUT2D eigenvalue weighted by molar-refractivity contribution is 5.75. The minimum absolute atomic E-state index is 0.134. The van der Waals surface area contributed by atoms with Crippen molar-refractivity contribution in [3.63, 3.8) is 0 Å². The number of amides is 2. The van der Waals surface area contributed by atoms with Crippen molar-refractivity contribution in [2.75, 3.05) is 19.6 Å². The summed E-state index contributed by atoms with van der Waals surface area (Å²) < 4.78 is 0. The summed E-state index contributed by atoms with van der Waals surface area (Å²) >= 11 is 0. The molecular formula is C20H30N4O. The Hall–Kier alpha value is -1.62. The van der Waals surface area contributed by atoms with E-state index in [4.69, 9.17) is 0 Å². The van der Waals surface area contributed by atoms with Gasteiger partial charge in [-0.05, 0) is 56.3 Å². The molecule has 136 valence electrons. The van der Waals surface area contributed by atoms with Gasteiger partial charge in [-0.2, -0.15) is 0 Å². The van der Waals surface area contributed by atoms with Crippen molar-refractivity contribution < 1.29 is 4.79 Å². The smallest absolute Gasteiger partial charge is 0.318 e. The standard InChI is InChI=1S/C20H30N4O/c25-20(22-19-15-23-11-8-17(19)9-12-23)24(18-6-2-1-3-7-18)14-16-5-4-10-21-13-16/h4-5,10,13,17-19H,1-3,6-9,11-12,14-15H2,(H,22,25)/t19-/m0/s1. The van der Waals surface area contributed by atoms with Crippen molar-refractivity contribution in [3.05, 3.63) is 30.1 Å². The minimum atomic E-state index is 0.134. The van der Waals surface area contributed by atoms with Crippen LogP contribution in [-0.4, -0.2) is 52.5 Å². The third-order valence-electron chi connectivity index (χ3n) is 6.32. The number of urea groups is 1. The number of pyridine rings is 1. The lowest BCUT2D eigenvalue weighted by atomic mass is 9.84. The van der Waals surface area contributed by atoms with Gasteiger partial charge in [-0.1, -0.05) is 25.3 Å². The summed E-state index contributed by atoms with van der Waals surface area (Å²) in [4.78, 5) is 22.0. The molecule has 2 amide bonds. The minimum Gasteiger partial charge on any atom is -0.334 e. The summed E-state index contributed by atoms with van der Waals surface area (Å²) in [6, 6.07) is 4.86. The van der Waals surface area contributed by atoms with E-state index in [9.17, 15) is 4.79 Å². The number of rotatable bonds is 4. The molecule has 1 aromatic rings. The Balaban J connectivity index is 1.45. The predicted octanol–water partition coefficient (Wildman–Crippen LogP) is 3.02. The van der Waals surface area contributed by atoms with Gasteiger partial charge in [0.2, 0.25) is 0 Å². The maximum absolute atomic E-state index is 13.2. The molecule has 0 spiro atoms. The molecule has 1 N–H and O–H groups in total. The van der Waals surface area contributed by atoms with E-state index in [0.717, 1.165) is 24.9 Å². The molecule has 2 bridgehead atoms. The molecule has 1 aliphatic carbocycles. The second kappa shape index (κ2) is 7.73. The molecule has 5 rings (SSSR count). The van der Waals surface area contributed by atoms with Gasteiger partial charge in [0.15, 0.2) is 0 Å². The van der Waals surface area contributed by atoms with Crippen molar-refractivity contribution in [2.24, 2.45) is 5.92 Å². The zero-order valence-corrected chi connectivity index (χ0v) is 15.1. The van der Waals surface area contributed by atoms with Crippen LogP contribution in [0.15, 0.2) is 24.5 Å². The second-order valence-electron chi connectivity index (χ2n) is 7.98. The summed E-state index contributed by atoms with van der Waals surface area (Å²) in [7, 11) is 0. The van der Waals surface area contributed by atoms with Crippen LogP contribution >= 0.6 is 0 Å². The van der Waals surface area contributed by atoms with Gasteiger partial charge in [0.25, 0.3) is 0 Å². The Morgan fingerprint density at radius 2 is 2.00 bits per heavy atom. The molecule has 5 nitrogen and oxygen atoms in total. The molecule has 1 aromatic heterocycles. The van der Waals surface area contributed by atoms with E-state index in [-0.39, 0.29) is 6.03 Å². The quantitative estimate of drug-likeness (QED) is 0.915. The van der Waals surface area contributed by atoms with Crippen LogP contribution in [0.5, 0.6) is 0 Å². The Morgan fingerprint density at radius 3 is 2.64 bits per heavy atom. The second-order valence-corrected chi connectivity index (χ2v) is 7.98. The summed E-state index contributed by atoms with van der Waals surface area (Å²) in [6.07, 6.45) is 12.2. The highest BCUT2D eigenvalue weighted by Crippen LogP contribution is 2.29. The summed E-state index contributed by atoms with van der Waals surface area (Å²) in [5.41, 5.74) is 1.12. The topological polar surface area (TPSA) is 48.5 Å². The fraction of sp³-hybridized carbons (Fsp3) is 0.700. The zero-order valence-electron chi connectivity index (χ0n) is 15.1. The van der Waals surface area contributed by atoms with Crippen molar-refractivity contribution in [3.8, 4) is 0 Å². The molecule has 4 fully saturated rings. The van der Waals surface area contributed by atoms with Crippen LogP contribution in [-0.2, 0) is 6.54 Å². The van der Waals surface area contributed by atoms with E-state index in [1.165, 1.54) is 45.2 Å². The van der Waals surface area contributed by atoms with Gasteiger partial charge < -0.3 is 15.1 Å². The van der Waals surface area contributed by atoms with E-state index in [2.05, 4.69) is 26.2 Å². The highest BCUT2D eigenvalue weighted by atomic mass is 16.2. The SMILES string of the molecule is O=C(N[C@H]1CN2CCC1CC2)N(Cc1cccnc1)C1CCCCC1. The first kappa shape index (κ1) is 16.8. The number of hydrogen-bond donors (Lipinski definition) is 1. The lowest BCUT2D eigenvalue weighted by molar-refractivity contribution is 0.0691. The van der Waals surface area contributed by atoms with E-state index >= 15 is 0 Å². The van der Waals surface area contributed by atoms with E-state index < -0.39 is 0 Å². The first-order valence-electron chi connectivity index (χ1n) is 9.98. The summed E-state index contributed by atoms with van der Waals surface area (Å²) in [5.74, 6) is 0.667. The summed E-state index contributed by atoms with van der Waals surface area (Å²) in [6.45, 7) is 4.12. The molecule has 1 atom stereocenters. The number of fused-ring (bicyclic) bond motifs is 3. The van der Waals surface area contributed by atoms with Gasteiger partial charge in [-0.15, -0.1) is 0 Å². The molecule has 0 unspecified atom stereocenters. The maximum Gasteiger partial charge on any atom is 0.318 e. The lowest BCUT2D eigenvalue weighted by Gasteiger charge is -2.46. The van der Waals surface area contributed by atoms with Crippen molar-refractivity contribution >= 4 is 6.03 Å². The molecule has 4 aliphatic rings. The maximum atomic E-state index is 13.2. The first-order valence-corrected chi connectivity index (χ1v) is 9.98. The number of hydrogen-bond acceptors (Lipinski definition) is 3. The van der Waals surface area contributed by atoms with Crippen LogP contribution in [0.2, 0.25) is 0 Å². The number of carbonyl (C=O) groups is 1. The van der Waals surface area contributed by atoms with Gasteiger partial charge in [-0.3, -0.25) is 4.98 Å². The van der Waals surface area contributed by atoms with Gasteiger partial charge in [0.05, 0.1) is 0 Å². The molecule has 25 heavy (non-hydrogen) atoms. The monoisotopic (exact) mass is 342 g/mol. The van der Waals surface area contributed by atoms with Crippen molar-refractivity contribution in [1.29, 1.82) is 0 Å². The van der Waals surface area contributed by atoms with E-state index in [1.54, 1.807) is 6.20 Å². The third kappa shape index (κ3) is 3.97. The van der Waals surface area contributed by atoms with Crippen LogP contribution in [0.3, 0.4) is 0 Å². The molecule has 0 aromatic carbocycles. The number of piperidine rings is 3. The number of nitrogens with one attached hydrogen (secondary N) is 1. The molecule has 3 saturated heterocycles. The number of nitrogens with zero attached hydrogens (tertiary/aromatic N) is 3. The first-order chi connectivity index (χ1) is 12.3. The van der Waals surface area contributed by atoms with Crippen molar-refractivity contribution in [1.82, 2.24) is 20.1 Å². The molecular weight excluding hydrogens is 312 g/mol. The number of aromatic nitrogens is 1. The lowest BCUT2D eigenvalue weighted by Crippen LogP contribution is -2.60. The van der Waals surface area contributed by atoms with Crippen LogP contribution < -0.4 is 5.32 Å². The summed E-state index contributed by atoms with van der Waals surface area (Å²) in [5, 5.41) is 3.39. The molecule has 4 heterocycles. The Kier molecular flexibility index (Phi) is 5.20. The molecule has 0 radical (unpaired) electrons. The van der Waals surface area contributed by atoms with Gasteiger partial charge in [-0.25, -0.2) is 4.79 Å². The normalized spacial score (nSPS) is 29.4. The Bertz CT molecular complexity index is 564. The fourth-order valence-corrected chi connectivity index (χ4v) is 4.82. The Morgan fingerprint density at radius 1 is 1.20 bits per heavy atom. The molecule has 3 aliphatic heterocycles.